The van der Waals surface area contributed by atoms with Crippen LogP contribution in [-0.4, -0.2) is 24.1 Å². The SMILES string of the molecule is Cc1cc(C)cc(-c2ccc3c(c2)c2ccccc2n3-c2ccc(-c3ccc4c5ccccc5n(-c5ccccc5)c4c3)cc2-c2nc(-c3ccccc3)nc(-c3ccccc3)n2)c1. The maximum Gasteiger partial charge on any atom is 0.166 e. The molecular formula is C59H41N5. The van der Waals surface area contributed by atoms with Gasteiger partial charge in [0.05, 0.1) is 27.8 Å². The minimum absolute atomic E-state index is 0.599. The summed E-state index contributed by atoms with van der Waals surface area (Å²) in [5.74, 6) is 1.84. The monoisotopic (exact) mass is 819 g/mol. The molecule has 9 aromatic carbocycles. The van der Waals surface area contributed by atoms with Crippen molar-refractivity contribution in [1.82, 2.24) is 24.1 Å². The van der Waals surface area contributed by atoms with Gasteiger partial charge in [-0.25, -0.2) is 15.0 Å². The van der Waals surface area contributed by atoms with E-state index in [1.54, 1.807) is 0 Å². The van der Waals surface area contributed by atoms with Gasteiger partial charge in [0, 0.05) is 43.9 Å². The first-order valence-corrected chi connectivity index (χ1v) is 21.8. The van der Waals surface area contributed by atoms with Crippen molar-refractivity contribution in [3.05, 3.63) is 223 Å². The molecule has 0 N–H and O–H groups in total. The van der Waals surface area contributed by atoms with Crippen LogP contribution in [0.25, 0.3) is 111 Å². The number of para-hydroxylation sites is 3. The fourth-order valence-corrected chi connectivity index (χ4v) is 9.58. The molecule has 3 aromatic heterocycles. The van der Waals surface area contributed by atoms with Crippen LogP contribution in [0.3, 0.4) is 0 Å². The summed E-state index contributed by atoms with van der Waals surface area (Å²) in [7, 11) is 0. The number of benzene rings is 9. The average Bonchev–Trinajstić information content (AvgIpc) is 3.86. The van der Waals surface area contributed by atoms with Crippen molar-refractivity contribution in [3.63, 3.8) is 0 Å². The van der Waals surface area contributed by atoms with Gasteiger partial charge in [0.25, 0.3) is 0 Å². The highest BCUT2D eigenvalue weighted by Crippen LogP contribution is 2.41. The number of hydrogen-bond acceptors (Lipinski definition) is 3. The summed E-state index contributed by atoms with van der Waals surface area (Å²) in [5.41, 5.74) is 16.5. The Labute approximate surface area is 371 Å². The lowest BCUT2D eigenvalue weighted by Crippen LogP contribution is -2.04. The zero-order chi connectivity index (χ0) is 42.7. The van der Waals surface area contributed by atoms with Crippen LogP contribution in [-0.2, 0) is 0 Å². The lowest BCUT2D eigenvalue weighted by Gasteiger charge is -2.17. The van der Waals surface area contributed by atoms with Crippen molar-refractivity contribution in [2.75, 3.05) is 0 Å². The highest BCUT2D eigenvalue weighted by molar-refractivity contribution is 6.12. The van der Waals surface area contributed by atoms with Crippen molar-refractivity contribution in [2.45, 2.75) is 13.8 Å². The van der Waals surface area contributed by atoms with Gasteiger partial charge in [-0.2, -0.15) is 0 Å². The summed E-state index contributed by atoms with van der Waals surface area (Å²) >= 11 is 0. The molecule has 0 atom stereocenters. The molecule has 0 radical (unpaired) electrons. The van der Waals surface area contributed by atoms with Crippen molar-refractivity contribution >= 4 is 43.6 Å². The van der Waals surface area contributed by atoms with Crippen molar-refractivity contribution in [1.29, 1.82) is 0 Å². The Kier molecular flexibility index (Phi) is 8.87. The van der Waals surface area contributed by atoms with Crippen LogP contribution in [0.15, 0.2) is 212 Å². The van der Waals surface area contributed by atoms with Crippen LogP contribution < -0.4 is 0 Å². The van der Waals surface area contributed by atoms with Gasteiger partial charge in [0.1, 0.15) is 0 Å². The lowest BCUT2D eigenvalue weighted by atomic mass is 9.99. The number of hydrogen-bond donors (Lipinski definition) is 0. The summed E-state index contributed by atoms with van der Waals surface area (Å²) in [6, 6.07) is 75.7. The molecule has 0 saturated carbocycles. The number of aromatic nitrogens is 5. The molecule has 64 heavy (non-hydrogen) atoms. The Morgan fingerprint density at radius 2 is 0.781 bits per heavy atom. The minimum Gasteiger partial charge on any atom is -0.309 e. The molecule has 0 aliphatic heterocycles. The Morgan fingerprint density at radius 1 is 0.297 bits per heavy atom. The second kappa shape index (κ2) is 15.2. The molecule has 302 valence electrons. The maximum absolute atomic E-state index is 5.33. The molecule has 12 rings (SSSR count). The Hall–Kier alpha value is -8.41. The minimum atomic E-state index is 0.599. The van der Waals surface area contributed by atoms with E-state index in [1.807, 2.05) is 36.4 Å². The fourth-order valence-electron chi connectivity index (χ4n) is 9.58. The van der Waals surface area contributed by atoms with Crippen molar-refractivity contribution < 1.29 is 0 Å². The maximum atomic E-state index is 5.33. The van der Waals surface area contributed by atoms with Gasteiger partial charge >= 0.3 is 0 Å². The van der Waals surface area contributed by atoms with Crippen LogP contribution >= 0.6 is 0 Å². The zero-order valence-corrected chi connectivity index (χ0v) is 35.4. The van der Waals surface area contributed by atoms with Crippen LogP contribution in [0.1, 0.15) is 11.1 Å². The van der Waals surface area contributed by atoms with E-state index in [0.29, 0.717) is 17.5 Å². The van der Waals surface area contributed by atoms with Crippen molar-refractivity contribution in [3.8, 4) is 67.8 Å². The smallest absolute Gasteiger partial charge is 0.166 e. The van der Waals surface area contributed by atoms with E-state index in [-0.39, 0.29) is 0 Å². The third-order valence-electron chi connectivity index (χ3n) is 12.4. The topological polar surface area (TPSA) is 48.5 Å². The third kappa shape index (κ3) is 6.37. The molecule has 3 heterocycles. The molecule has 12 aromatic rings. The lowest BCUT2D eigenvalue weighted by molar-refractivity contribution is 1.06. The van der Waals surface area contributed by atoms with Gasteiger partial charge < -0.3 is 9.13 Å². The first-order chi connectivity index (χ1) is 31.5. The highest BCUT2D eigenvalue weighted by Gasteiger charge is 2.22. The molecule has 0 amide bonds. The molecule has 0 spiro atoms. The Morgan fingerprint density at radius 3 is 1.45 bits per heavy atom. The van der Waals surface area contributed by atoms with Gasteiger partial charge in [-0.3, -0.25) is 0 Å². The molecule has 5 heteroatoms. The molecule has 0 bridgehead atoms. The third-order valence-corrected chi connectivity index (χ3v) is 12.4. The second-order valence-electron chi connectivity index (χ2n) is 16.7. The standard InChI is InChI=1S/C59H41N5/c1-38-32-39(2)34-45(33-38)43-28-30-54-50(35-43)48-23-13-15-25-53(48)64(54)55-31-27-42(44-26-29-49-47-22-12-14-24-52(47)63(56(49)37-44)46-20-10-5-11-21-46)36-51(55)59-61-57(40-16-6-3-7-17-40)60-58(62-59)41-18-8-4-9-19-41/h3-37H,1-2H3. The Balaban J connectivity index is 1.13. The number of nitrogens with zero attached hydrogens (tertiary/aromatic N) is 5. The van der Waals surface area contributed by atoms with E-state index >= 15 is 0 Å². The Bertz CT molecular complexity index is 3660. The van der Waals surface area contributed by atoms with Crippen LogP contribution in [0.2, 0.25) is 0 Å². The molecule has 0 fully saturated rings. The molecule has 5 nitrogen and oxygen atoms in total. The van der Waals surface area contributed by atoms with Gasteiger partial charge in [-0.15, -0.1) is 0 Å². The normalized spacial score (nSPS) is 11.6. The van der Waals surface area contributed by atoms with Crippen LogP contribution in [0.5, 0.6) is 0 Å². The number of rotatable bonds is 7. The summed E-state index contributed by atoms with van der Waals surface area (Å²) in [6.07, 6.45) is 0. The van der Waals surface area contributed by atoms with Crippen LogP contribution in [0, 0.1) is 13.8 Å². The zero-order valence-electron chi connectivity index (χ0n) is 35.4. The van der Waals surface area contributed by atoms with E-state index in [4.69, 9.17) is 15.0 Å². The van der Waals surface area contributed by atoms with Gasteiger partial charge in [-0.05, 0) is 90.7 Å². The number of fused-ring (bicyclic) bond motifs is 6. The van der Waals surface area contributed by atoms with E-state index < -0.39 is 0 Å². The molecule has 0 unspecified atom stereocenters. The van der Waals surface area contributed by atoms with E-state index in [2.05, 4.69) is 199 Å². The molecule has 0 aliphatic rings. The predicted octanol–water partition coefficient (Wildman–Crippen LogP) is 15.0. The summed E-state index contributed by atoms with van der Waals surface area (Å²) in [5, 5.41) is 4.81. The fraction of sp³-hybridized carbons (Fsp3) is 0.0339. The quantitative estimate of drug-likeness (QED) is 0.161. The molecule has 0 aliphatic carbocycles. The average molecular weight is 820 g/mol. The predicted molar refractivity (Wildman–Crippen MR) is 265 cm³/mol. The summed E-state index contributed by atoms with van der Waals surface area (Å²) < 4.78 is 4.76. The second-order valence-corrected chi connectivity index (χ2v) is 16.7. The summed E-state index contributed by atoms with van der Waals surface area (Å²) in [4.78, 5) is 15.7. The van der Waals surface area contributed by atoms with Gasteiger partial charge in [0.15, 0.2) is 17.5 Å². The van der Waals surface area contributed by atoms with E-state index in [1.165, 1.54) is 49.3 Å². The van der Waals surface area contributed by atoms with Gasteiger partial charge in [-0.1, -0.05) is 169 Å². The van der Waals surface area contributed by atoms with E-state index in [9.17, 15) is 0 Å². The van der Waals surface area contributed by atoms with Gasteiger partial charge in [0.2, 0.25) is 0 Å². The first kappa shape index (κ1) is 37.4. The largest absolute Gasteiger partial charge is 0.309 e. The number of aryl methyl sites for hydroxylation is 2. The van der Waals surface area contributed by atoms with Crippen LogP contribution in [0.4, 0.5) is 0 Å². The van der Waals surface area contributed by atoms with E-state index in [0.717, 1.165) is 55.7 Å². The highest BCUT2D eigenvalue weighted by atomic mass is 15.1. The van der Waals surface area contributed by atoms with Crippen molar-refractivity contribution in [2.24, 2.45) is 0 Å². The molecular weight excluding hydrogens is 779 g/mol. The molecule has 0 saturated heterocycles. The summed E-state index contributed by atoms with van der Waals surface area (Å²) in [6.45, 7) is 4.33. The first-order valence-electron chi connectivity index (χ1n) is 21.8.